The Morgan fingerprint density at radius 1 is 1.07 bits per heavy atom. The maximum Gasteiger partial charge on any atom is 0.159 e. The second-order valence-corrected chi connectivity index (χ2v) is 6.71. The number of rotatable bonds is 1. The molecule has 0 atom stereocenters. The van der Waals surface area contributed by atoms with Gasteiger partial charge in [0.2, 0.25) is 0 Å². The van der Waals surface area contributed by atoms with Gasteiger partial charge in [0.25, 0.3) is 0 Å². The molecule has 14 heavy (non-hydrogen) atoms. The van der Waals surface area contributed by atoms with Crippen molar-refractivity contribution in [3.05, 3.63) is 24.3 Å². The molecule has 0 unspecified atom stereocenters. The van der Waals surface area contributed by atoms with Crippen LogP contribution in [0.5, 0.6) is 0 Å². The van der Waals surface area contributed by atoms with E-state index in [0.29, 0.717) is 0 Å². The Labute approximate surface area is 93.6 Å². The highest BCUT2D eigenvalue weighted by Gasteiger charge is 2.27. The summed E-state index contributed by atoms with van der Waals surface area (Å²) in [5, 5.41) is 0. The summed E-state index contributed by atoms with van der Waals surface area (Å²) in [4.78, 5) is 2.68. The number of fused-ring (bicyclic) bond motifs is 1. The van der Waals surface area contributed by atoms with Crippen LogP contribution >= 0.6 is 23.5 Å². The Morgan fingerprint density at radius 2 is 1.57 bits per heavy atom. The van der Waals surface area contributed by atoms with E-state index in [1.54, 1.807) is 23.5 Å². The number of ether oxygens (including phenoxy) is 1. The lowest BCUT2D eigenvalue weighted by molar-refractivity contribution is 0.0152. The lowest BCUT2D eigenvalue weighted by Gasteiger charge is -2.23. The number of thioether (sulfide) groups is 2. The third-order valence-electron chi connectivity index (χ3n) is 1.75. The number of hydrogen-bond donors (Lipinski definition) is 0. The molecule has 0 spiro atoms. The van der Waals surface area contributed by atoms with E-state index in [1.807, 2.05) is 0 Å². The lowest BCUT2D eigenvalue weighted by Crippen LogP contribution is -2.22. The molecule has 0 radical (unpaired) electrons. The van der Waals surface area contributed by atoms with Gasteiger partial charge in [-0.1, -0.05) is 35.7 Å². The molecule has 1 nitrogen and oxygen atoms in total. The van der Waals surface area contributed by atoms with E-state index in [-0.39, 0.29) is 10.4 Å². The highest BCUT2D eigenvalue weighted by atomic mass is 32.2. The van der Waals surface area contributed by atoms with E-state index in [1.165, 1.54) is 9.79 Å². The van der Waals surface area contributed by atoms with E-state index in [9.17, 15) is 0 Å². The Hall–Kier alpha value is -0.120. The van der Waals surface area contributed by atoms with Crippen molar-refractivity contribution in [1.82, 2.24) is 0 Å². The van der Waals surface area contributed by atoms with Gasteiger partial charge in [0.1, 0.15) is 0 Å². The van der Waals surface area contributed by atoms with Crippen molar-refractivity contribution in [2.45, 2.75) is 40.9 Å². The van der Waals surface area contributed by atoms with Crippen molar-refractivity contribution < 1.29 is 4.74 Å². The van der Waals surface area contributed by atoms with Crippen molar-refractivity contribution in [2.24, 2.45) is 0 Å². The molecule has 1 aromatic rings. The fourth-order valence-corrected chi connectivity index (χ4v) is 4.09. The largest absolute Gasteiger partial charge is 0.351 e. The standard InChI is InChI=1S/C11H14OS2/c1-11(2,3)12-10-13-8-6-4-5-7-9(8)14-10/h4-7,10H,1-3H3. The third-order valence-corrected chi connectivity index (χ3v) is 4.25. The molecule has 1 aliphatic rings. The van der Waals surface area contributed by atoms with Gasteiger partial charge in [0, 0.05) is 9.79 Å². The highest BCUT2D eigenvalue weighted by Crippen LogP contribution is 2.49. The van der Waals surface area contributed by atoms with Gasteiger partial charge >= 0.3 is 0 Å². The minimum Gasteiger partial charge on any atom is -0.351 e. The van der Waals surface area contributed by atoms with Crippen molar-refractivity contribution in [2.75, 3.05) is 0 Å². The second-order valence-electron chi connectivity index (χ2n) is 4.20. The molecular weight excluding hydrogens is 212 g/mol. The highest BCUT2D eigenvalue weighted by molar-refractivity contribution is 8.19. The Balaban J connectivity index is 2.05. The molecule has 0 saturated carbocycles. The molecule has 1 heterocycles. The zero-order valence-electron chi connectivity index (χ0n) is 8.61. The molecule has 1 aromatic carbocycles. The van der Waals surface area contributed by atoms with Crippen LogP contribution in [0.4, 0.5) is 0 Å². The lowest BCUT2D eigenvalue weighted by atomic mass is 10.2. The van der Waals surface area contributed by atoms with Gasteiger partial charge in [-0.25, -0.2) is 0 Å². The molecule has 0 fully saturated rings. The normalized spacial score (nSPS) is 17.1. The summed E-state index contributed by atoms with van der Waals surface area (Å²) < 4.78 is 6.12. The average Bonchev–Trinajstić information content (AvgIpc) is 2.42. The van der Waals surface area contributed by atoms with Gasteiger partial charge in [0.15, 0.2) is 4.77 Å². The van der Waals surface area contributed by atoms with Gasteiger partial charge in [0.05, 0.1) is 5.60 Å². The molecule has 0 amide bonds. The van der Waals surface area contributed by atoms with E-state index in [0.717, 1.165) is 0 Å². The topological polar surface area (TPSA) is 9.23 Å². The molecule has 2 rings (SSSR count). The van der Waals surface area contributed by atoms with Crippen LogP contribution in [0.25, 0.3) is 0 Å². The number of benzene rings is 1. The first-order valence-corrected chi connectivity index (χ1v) is 6.41. The molecule has 3 heteroatoms. The fraction of sp³-hybridized carbons (Fsp3) is 0.455. The van der Waals surface area contributed by atoms with Gasteiger partial charge in [-0.2, -0.15) is 0 Å². The van der Waals surface area contributed by atoms with Crippen LogP contribution in [-0.2, 0) is 4.74 Å². The van der Waals surface area contributed by atoms with E-state index < -0.39 is 0 Å². The predicted molar refractivity (Wildman–Crippen MR) is 62.8 cm³/mol. The molecule has 76 valence electrons. The molecule has 0 aromatic heterocycles. The molecule has 0 aliphatic carbocycles. The summed E-state index contributed by atoms with van der Waals surface area (Å²) in [6, 6.07) is 8.45. The summed E-state index contributed by atoms with van der Waals surface area (Å²) in [5.41, 5.74) is -0.0628. The van der Waals surface area contributed by atoms with Gasteiger partial charge in [-0.3, -0.25) is 0 Å². The Kier molecular flexibility index (Phi) is 2.82. The first-order chi connectivity index (χ1) is 6.54. The van der Waals surface area contributed by atoms with Crippen molar-refractivity contribution in [3.63, 3.8) is 0 Å². The van der Waals surface area contributed by atoms with Crippen LogP contribution < -0.4 is 0 Å². The summed E-state index contributed by atoms with van der Waals surface area (Å²) in [6.45, 7) is 6.28. The van der Waals surface area contributed by atoms with Gasteiger partial charge in [-0.15, -0.1) is 0 Å². The Morgan fingerprint density at radius 3 is 2.00 bits per heavy atom. The van der Waals surface area contributed by atoms with Crippen LogP contribution in [0.3, 0.4) is 0 Å². The maximum absolute atomic E-state index is 5.91. The van der Waals surface area contributed by atoms with Crippen LogP contribution in [-0.4, -0.2) is 10.4 Å². The smallest absolute Gasteiger partial charge is 0.159 e. The van der Waals surface area contributed by atoms with E-state index >= 15 is 0 Å². The summed E-state index contributed by atoms with van der Waals surface area (Å²) >= 11 is 3.61. The zero-order chi connectivity index (χ0) is 10.2. The second kappa shape index (κ2) is 3.80. The predicted octanol–water partition coefficient (Wildman–Crippen LogP) is 3.98. The van der Waals surface area contributed by atoms with Crippen LogP contribution in [0.2, 0.25) is 0 Å². The summed E-state index contributed by atoms with van der Waals surface area (Å²) in [5.74, 6) is 0. The Bertz CT molecular complexity index is 305. The minimum atomic E-state index is -0.0628. The molecule has 0 bridgehead atoms. The first-order valence-electron chi connectivity index (χ1n) is 4.65. The molecule has 0 N–H and O–H groups in total. The molecule has 0 saturated heterocycles. The molecule has 1 aliphatic heterocycles. The van der Waals surface area contributed by atoms with E-state index in [4.69, 9.17) is 4.74 Å². The minimum absolute atomic E-state index is 0.0628. The van der Waals surface area contributed by atoms with Crippen molar-refractivity contribution in [1.29, 1.82) is 0 Å². The SMILES string of the molecule is CC(C)(C)OC1Sc2ccccc2S1. The first kappa shape index (κ1) is 10.4. The third kappa shape index (κ3) is 2.47. The average molecular weight is 226 g/mol. The van der Waals surface area contributed by atoms with Crippen LogP contribution in [0.1, 0.15) is 20.8 Å². The quantitative estimate of drug-likeness (QED) is 0.716. The van der Waals surface area contributed by atoms with Gasteiger partial charge in [-0.05, 0) is 32.9 Å². The zero-order valence-corrected chi connectivity index (χ0v) is 10.2. The van der Waals surface area contributed by atoms with Crippen molar-refractivity contribution >= 4 is 23.5 Å². The van der Waals surface area contributed by atoms with Gasteiger partial charge < -0.3 is 4.74 Å². The van der Waals surface area contributed by atoms with Crippen LogP contribution in [0, 0.1) is 0 Å². The maximum atomic E-state index is 5.91. The summed E-state index contributed by atoms with van der Waals surface area (Å²) in [7, 11) is 0. The van der Waals surface area contributed by atoms with E-state index in [2.05, 4.69) is 45.0 Å². The number of hydrogen-bond acceptors (Lipinski definition) is 3. The van der Waals surface area contributed by atoms with Crippen LogP contribution in [0.15, 0.2) is 34.1 Å². The van der Waals surface area contributed by atoms with Crippen molar-refractivity contribution in [3.8, 4) is 0 Å². The fourth-order valence-electron chi connectivity index (χ4n) is 1.21. The molecular formula is C11H14OS2. The monoisotopic (exact) mass is 226 g/mol. The summed E-state index contributed by atoms with van der Waals surface area (Å²) in [6.07, 6.45) is 0.